The first-order chi connectivity index (χ1) is 36.3. The van der Waals surface area contributed by atoms with Crippen molar-refractivity contribution in [2.24, 2.45) is 18.9 Å². The number of nitrogens with zero attached hydrogens (tertiary/aromatic N) is 11. The number of aromatic amines is 1. The van der Waals surface area contributed by atoms with E-state index in [-0.39, 0.29) is 72.8 Å². The zero-order valence-electron chi connectivity index (χ0n) is 42.2. The Balaban J connectivity index is 0.734. The van der Waals surface area contributed by atoms with Crippen LogP contribution in [-0.4, -0.2) is 170 Å². The number of alkyl halides is 2. The molecule has 3 aliphatic heterocycles. The molecule has 4 aliphatic rings. The molecule has 0 unspecified atom stereocenters. The lowest BCUT2D eigenvalue weighted by Crippen LogP contribution is -2.61. The van der Waals surface area contributed by atoms with Crippen molar-refractivity contribution >= 4 is 40.3 Å². The van der Waals surface area contributed by atoms with Crippen LogP contribution in [0.15, 0.2) is 61.4 Å². The van der Waals surface area contributed by atoms with Crippen LogP contribution < -0.4 is 40.4 Å². The Labute approximate surface area is 431 Å². The number of fused-ring (bicyclic) bond motifs is 1. The maximum Gasteiger partial charge on any atom is 0.319 e. The largest absolute Gasteiger partial charge is 0.489 e. The number of amides is 2. The fraction of sp³-hybridized carbons (Fsp3) is 0.510. The summed E-state index contributed by atoms with van der Waals surface area (Å²) in [5.41, 5.74) is 9.99. The first kappa shape index (κ1) is 51.2. The number of nitrogen functional groups attached to an aromatic ring is 1. The Morgan fingerprint density at radius 2 is 1.67 bits per heavy atom. The monoisotopic (exact) mass is 1040 g/mol. The van der Waals surface area contributed by atoms with Crippen molar-refractivity contribution in [3.8, 4) is 29.0 Å². The smallest absolute Gasteiger partial charge is 0.319 e. The number of hydrogen-bond donors (Lipinski definition) is 5. The number of H-pyrrole nitrogens is 1. The molecule has 398 valence electrons. The minimum absolute atomic E-state index is 0.0435. The second-order valence-corrected chi connectivity index (χ2v) is 20.0. The number of methoxy groups -OCH3 is 1. The molecule has 3 saturated heterocycles. The second kappa shape index (κ2) is 22.3. The van der Waals surface area contributed by atoms with Crippen LogP contribution in [0.5, 0.6) is 17.8 Å². The first-order valence-corrected chi connectivity index (χ1v) is 25.5. The highest BCUT2D eigenvalue weighted by atomic mass is 19.3. The molecule has 0 bridgehead atoms. The summed E-state index contributed by atoms with van der Waals surface area (Å²) in [5.74, 6) is -2.37. The molecule has 75 heavy (non-hydrogen) atoms. The van der Waals surface area contributed by atoms with Crippen LogP contribution in [0.1, 0.15) is 71.5 Å². The maximum atomic E-state index is 14.0. The number of rotatable bonds is 21. The predicted octanol–water partition coefficient (Wildman–Crippen LogP) is 3.85. The summed E-state index contributed by atoms with van der Waals surface area (Å²) in [6, 6.07) is 8.16. The van der Waals surface area contributed by atoms with Gasteiger partial charge in [0.25, 0.3) is 17.7 Å². The number of piperidine rings is 2. The zero-order valence-corrected chi connectivity index (χ0v) is 42.2. The molecule has 24 heteroatoms. The van der Waals surface area contributed by atoms with Crippen LogP contribution in [0.3, 0.4) is 0 Å². The van der Waals surface area contributed by atoms with Gasteiger partial charge in [-0.2, -0.15) is 19.9 Å². The zero-order chi connectivity index (χ0) is 52.2. The quantitative estimate of drug-likeness (QED) is 0.0686. The highest BCUT2D eigenvalue weighted by Crippen LogP contribution is 2.48. The van der Waals surface area contributed by atoms with Gasteiger partial charge in [0.05, 0.1) is 43.8 Å². The molecule has 2 amide bonds. The molecule has 0 radical (unpaired) electrons. The number of nitrogens with one attached hydrogen (secondary N) is 3. The number of anilines is 3. The Hall–Kier alpha value is -7.31. The molecule has 6 aromatic heterocycles. The topological polar surface area (TPSA) is 262 Å². The van der Waals surface area contributed by atoms with Gasteiger partial charge in [0.1, 0.15) is 41.4 Å². The van der Waals surface area contributed by atoms with E-state index in [1.54, 1.807) is 36.8 Å². The SMILES string of the molecule is COC[C@@H](C)Oc1nc(C(=O)N2CC(NC[C@H](CO)NC(=O)c3cc(N4CCC(COc5cc(-c6cn(C)cn6)cnc5N)CC4)nc(OC[C@H]4CC4(F)F)n3)C2)cc(N2CCC(c3c[nH]c4ncccc34)CC2)n1. The summed E-state index contributed by atoms with van der Waals surface area (Å²) in [5, 5.41) is 17.7. The van der Waals surface area contributed by atoms with Crippen molar-refractivity contribution in [3.05, 3.63) is 78.4 Å². The summed E-state index contributed by atoms with van der Waals surface area (Å²) in [6.07, 6.45) is 11.7. The van der Waals surface area contributed by atoms with E-state index in [4.69, 9.17) is 29.7 Å². The van der Waals surface area contributed by atoms with E-state index in [1.165, 1.54) is 11.6 Å². The van der Waals surface area contributed by atoms with Crippen LogP contribution in [0.4, 0.5) is 26.2 Å². The molecule has 9 heterocycles. The van der Waals surface area contributed by atoms with Crippen molar-refractivity contribution in [2.45, 2.75) is 69.1 Å². The number of imidazole rings is 1. The lowest BCUT2D eigenvalue weighted by Gasteiger charge is -2.40. The number of carbonyl (C=O) groups is 2. The van der Waals surface area contributed by atoms with Gasteiger partial charge >= 0.3 is 12.0 Å². The summed E-state index contributed by atoms with van der Waals surface area (Å²) in [4.78, 5) is 68.2. The Kier molecular flexibility index (Phi) is 15.2. The third-order valence-electron chi connectivity index (χ3n) is 14.3. The number of nitrogens with two attached hydrogens (primary N) is 1. The third-order valence-corrected chi connectivity index (χ3v) is 14.3. The van der Waals surface area contributed by atoms with E-state index in [0.29, 0.717) is 62.7 Å². The van der Waals surface area contributed by atoms with Crippen molar-refractivity contribution in [2.75, 3.05) is 94.9 Å². The number of ether oxygens (including phenoxy) is 4. The molecule has 1 saturated carbocycles. The van der Waals surface area contributed by atoms with Gasteiger partial charge in [0, 0.05) is 120 Å². The average molecular weight is 1040 g/mol. The lowest BCUT2D eigenvalue weighted by molar-refractivity contribution is 0.0549. The Bertz CT molecular complexity index is 2960. The number of aliphatic hydroxyl groups is 1. The molecule has 10 rings (SSSR count). The fourth-order valence-corrected chi connectivity index (χ4v) is 9.78. The molecule has 3 atom stereocenters. The van der Waals surface area contributed by atoms with Gasteiger partial charge in [-0.3, -0.25) is 9.59 Å². The first-order valence-electron chi connectivity index (χ1n) is 25.5. The van der Waals surface area contributed by atoms with Crippen LogP contribution in [0.2, 0.25) is 0 Å². The van der Waals surface area contributed by atoms with Gasteiger partial charge in [-0.05, 0) is 68.2 Å². The van der Waals surface area contributed by atoms with E-state index in [9.17, 15) is 23.5 Å². The van der Waals surface area contributed by atoms with E-state index in [1.807, 2.05) is 41.8 Å². The predicted molar refractivity (Wildman–Crippen MR) is 272 cm³/mol. The highest BCUT2D eigenvalue weighted by Gasteiger charge is 2.57. The van der Waals surface area contributed by atoms with E-state index in [2.05, 4.69) is 62.7 Å². The number of likely N-dealkylation sites (tertiary alicyclic amines) is 1. The van der Waals surface area contributed by atoms with Gasteiger partial charge in [-0.15, -0.1) is 0 Å². The molecule has 6 N–H and O–H groups in total. The van der Waals surface area contributed by atoms with Crippen molar-refractivity contribution in [3.63, 3.8) is 0 Å². The molecular formula is C51H63F2N15O7. The van der Waals surface area contributed by atoms with E-state index >= 15 is 0 Å². The van der Waals surface area contributed by atoms with Crippen molar-refractivity contribution in [1.82, 2.24) is 60.0 Å². The van der Waals surface area contributed by atoms with Gasteiger partial charge in [-0.25, -0.2) is 23.7 Å². The molecule has 22 nitrogen and oxygen atoms in total. The normalized spacial score (nSPS) is 18.9. The van der Waals surface area contributed by atoms with Crippen LogP contribution >= 0.6 is 0 Å². The summed E-state index contributed by atoms with van der Waals surface area (Å²) in [6.45, 7) is 5.31. The summed E-state index contributed by atoms with van der Waals surface area (Å²) >= 11 is 0. The highest BCUT2D eigenvalue weighted by molar-refractivity contribution is 5.94. The minimum atomic E-state index is -2.81. The van der Waals surface area contributed by atoms with Gasteiger partial charge in [0.2, 0.25) is 0 Å². The molecule has 0 aromatic carbocycles. The van der Waals surface area contributed by atoms with E-state index < -0.39 is 30.4 Å². The second-order valence-electron chi connectivity index (χ2n) is 20.0. The standard InChI is InChI=1S/C51H63F2N15O7/c1-30(26-72-3)75-50-62-40(17-44(64-50)67-13-8-32(9-14-67)38-21-58-46-37(38)5-4-10-55-46)48(71)68-22-36(23-68)56-20-35(25-69)60-47(70)39-16-43(63-49(61-39)74-28-34-18-51(34,52)53)66-11-6-31(7-12-66)27-73-42-15-33(19-57-45(42)54)41-24-65(2)29-59-41/h4-5,10,15-17,19,21,24,29-32,34-36,56,69H,6-9,11-14,18,20,22-23,25-28H2,1-3H3,(H2,54,57)(H,55,58)(H,60,70)/t30-,34-,35-/m1/s1. The number of halogens is 2. The average Bonchev–Trinajstić information content (AvgIpc) is 3.67. The Morgan fingerprint density at radius 1 is 0.947 bits per heavy atom. The third kappa shape index (κ3) is 12.1. The summed E-state index contributed by atoms with van der Waals surface area (Å²) in [7, 11) is 3.47. The van der Waals surface area contributed by atoms with Crippen LogP contribution in [-0.2, 0) is 11.8 Å². The maximum absolute atomic E-state index is 14.0. The number of pyridine rings is 2. The van der Waals surface area contributed by atoms with E-state index in [0.717, 1.165) is 61.1 Å². The molecule has 0 spiro atoms. The van der Waals surface area contributed by atoms with Crippen LogP contribution in [0, 0.1) is 11.8 Å². The van der Waals surface area contributed by atoms with Gasteiger partial charge in [0.15, 0.2) is 11.6 Å². The van der Waals surface area contributed by atoms with Crippen LogP contribution in [0.25, 0.3) is 22.3 Å². The number of hydrogen-bond acceptors (Lipinski definition) is 18. The summed E-state index contributed by atoms with van der Waals surface area (Å²) < 4.78 is 52.7. The molecule has 6 aromatic rings. The molecule has 1 aliphatic carbocycles. The number of aromatic nitrogens is 9. The fourth-order valence-electron chi connectivity index (χ4n) is 9.78. The van der Waals surface area contributed by atoms with Gasteiger partial charge in [-0.1, -0.05) is 0 Å². The van der Waals surface area contributed by atoms with Gasteiger partial charge < -0.3 is 64.7 Å². The number of aliphatic hydroxyl groups excluding tert-OH is 1. The lowest BCUT2D eigenvalue weighted by atomic mass is 9.89. The molecule has 4 fully saturated rings. The van der Waals surface area contributed by atoms with Crippen molar-refractivity contribution in [1.29, 1.82) is 0 Å². The minimum Gasteiger partial charge on any atom is -0.489 e. The Morgan fingerprint density at radius 3 is 2.37 bits per heavy atom. The number of aryl methyl sites for hydroxylation is 1. The van der Waals surface area contributed by atoms with Crippen molar-refractivity contribution < 1.29 is 42.4 Å². The molecular weight excluding hydrogens is 973 g/mol. The number of carbonyl (C=O) groups excluding carboxylic acids is 2.